The molecular formula is C13H16F2N2O3. The van der Waals surface area contributed by atoms with Crippen LogP contribution >= 0.6 is 0 Å². The first-order valence-corrected chi connectivity index (χ1v) is 6.45. The van der Waals surface area contributed by atoms with E-state index < -0.39 is 11.3 Å². The molecule has 1 saturated heterocycles. The molecule has 0 spiro atoms. The van der Waals surface area contributed by atoms with E-state index in [-0.39, 0.29) is 23.8 Å². The maximum Gasteiger partial charge on any atom is 0.270 e. The van der Waals surface area contributed by atoms with E-state index in [4.69, 9.17) is 5.11 Å². The number of aliphatic hydroxyl groups is 1. The van der Waals surface area contributed by atoms with Gasteiger partial charge in [0.05, 0.1) is 4.92 Å². The van der Waals surface area contributed by atoms with Crippen LogP contribution in [0.3, 0.4) is 0 Å². The van der Waals surface area contributed by atoms with Crippen LogP contribution in [0.5, 0.6) is 0 Å². The van der Waals surface area contributed by atoms with E-state index in [1.807, 2.05) is 4.90 Å². The number of aliphatic hydroxyl groups excluding tert-OH is 1. The van der Waals surface area contributed by atoms with Gasteiger partial charge in [0.15, 0.2) is 0 Å². The number of benzene rings is 1. The number of anilines is 1. The van der Waals surface area contributed by atoms with Crippen molar-refractivity contribution in [3.8, 4) is 0 Å². The van der Waals surface area contributed by atoms with Gasteiger partial charge in [-0.25, -0.2) is 8.78 Å². The molecule has 1 N–H and O–H groups in total. The fraction of sp³-hybridized carbons (Fsp3) is 0.538. The van der Waals surface area contributed by atoms with Crippen molar-refractivity contribution >= 4 is 11.4 Å². The highest BCUT2D eigenvalue weighted by atomic mass is 19.3. The highest BCUT2D eigenvalue weighted by molar-refractivity contribution is 5.59. The van der Waals surface area contributed by atoms with Gasteiger partial charge in [-0.2, -0.15) is 0 Å². The number of nitrogens with zero attached hydrogens (tertiary/aromatic N) is 2. The number of rotatable bonds is 5. The third kappa shape index (κ3) is 3.04. The molecule has 0 amide bonds. The summed E-state index contributed by atoms with van der Waals surface area (Å²) in [6.45, 7) is 1.31. The number of alkyl halides is 2. The first-order chi connectivity index (χ1) is 9.52. The minimum Gasteiger partial charge on any atom is -0.396 e. The molecule has 7 heteroatoms. The third-order valence-electron chi connectivity index (χ3n) is 3.62. The minimum absolute atomic E-state index is 0.0838. The van der Waals surface area contributed by atoms with Crippen LogP contribution in [-0.4, -0.2) is 29.7 Å². The lowest BCUT2D eigenvalue weighted by molar-refractivity contribution is -0.385. The highest BCUT2D eigenvalue weighted by Crippen LogP contribution is 2.35. The van der Waals surface area contributed by atoms with Gasteiger partial charge in [-0.15, -0.1) is 0 Å². The average molecular weight is 286 g/mol. The second-order valence-electron chi connectivity index (χ2n) is 4.91. The average Bonchev–Trinajstić information content (AvgIpc) is 2.86. The van der Waals surface area contributed by atoms with Crippen LogP contribution in [0.15, 0.2) is 18.2 Å². The van der Waals surface area contributed by atoms with Crippen LogP contribution in [0.25, 0.3) is 0 Å². The van der Waals surface area contributed by atoms with Crippen molar-refractivity contribution in [2.45, 2.75) is 19.3 Å². The summed E-state index contributed by atoms with van der Waals surface area (Å²) >= 11 is 0. The Balaban J connectivity index is 2.25. The molecule has 1 aliphatic rings. The molecule has 110 valence electrons. The van der Waals surface area contributed by atoms with Gasteiger partial charge >= 0.3 is 0 Å². The molecule has 1 atom stereocenters. The van der Waals surface area contributed by atoms with Crippen molar-refractivity contribution in [3.05, 3.63) is 33.9 Å². The standard InChI is InChI=1S/C13H16F2N2O3/c14-13(15)11-7-10(17(19)20)1-2-12(11)16-5-3-9(8-16)4-6-18/h1-2,7,9,13,18H,3-6,8H2. The van der Waals surface area contributed by atoms with Crippen LogP contribution in [-0.2, 0) is 0 Å². The van der Waals surface area contributed by atoms with Crippen molar-refractivity contribution in [2.24, 2.45) is 5.92 Å². The summed E-state index contributed by atoms with van der Waals surface area (Å²) in [6.07, 6.45) is -1.27. The molecule has 0 radical (unpaired) electrons. The van der Waals surface area contributed by atoms with Crippen molar-refractivity contribution in [2.75, 3.05) is 24.6 Å². The third-order valence-corrected chi connectivity index (χ3v) is 3.62. The highest BCUT2D eigenvalue weighted by Gasteiger charge is 2.27. The molecule has 20 heavy (non-hydrogen) atoms. The van der Waals surface area contributed by atoms with Gasteiger partial charge in [0.2, 0.25) is 0 Å². The van der Waals surface area contributed by atoms with Gasteiger partial charge in [-0.3, -0.25) is 10.1 Å². The van der Waals surface area contributed by atoms with E-state index in [1.54, 1.807) is 0 Å². The molecule has 5 nitrogen and oxygen atoms in total. The SMILES string of the molecule is O=[N+]([O-])c1ccc(N2CCC(CCO)C2)c(C(F)F)c1. The largest absolute Gasteiger partial charge is 0.396 e. The van der Waals surface area contributed by atoms with Gasteiger partial charge in [0.1, 0.15) is 0 Å². The topological polar surface area (TPSA) is 66.6 Å². The van der Waals surface area contributed by atoms with Crippen molar-refractivity contribution in [1.29, 1.82) is 0 Å². The van der Waals surface area contributed by atoms with E-state index in [2.05, 4.69) is 0 Å². The summed E-state index contributed by atoms with van der Waals surface area (Å²) in [5.41, 5.74) is -0.273. The second-order valence-corrected chi connectivity index (χ2v) is 4.91. The quantitative estimate of drug-likeness (QED) is 0.667. The number of nitro groups is 1. The van der Waals surface area contributed by atoms with E-state index in [0.29, 0.717) is 25.2 Å². The summed E-state index contributed by atoms with van der Waals surface area (Å²) in [7, 11) is 0. The molecule has 1 fully saturated rings. The maximum atomic E-state index is 13.1. The Kier molecular flexibility index (Phi) is 4.49. The van der Waals surface area contributed by atoms with Crippen LogP contribution in [0.4, 0.5) is 20.2 Å². The number of halogens is 2. The van der Waals surface area contributed by atoms with Crippen molar-refractivity contribution in [3.63, 3.8) is 0 Å². The molecule has 2 rings (SSSR count). The molecule has 0 aromatic heterocycles. The maximum absolute atomic E-state index is 13.1. The number of non-ortho nitro benzene ring substituents is 1. The van der Waals surface area contributed by atoms with E-state index in [0.717, 1.165) is 12.5 Å². The summed E-state index contributed by atoms with van der Waals surface area (Å²) < 4.78 is 26.2. The zero-order chi connectivity index (χ0) is 14.7. The molecule has 1 unspecified atom stereocenters. The summed E-state index contributed by atoms with van der Waals surface area (Å²) in [6, 6.07) is 3.58. The molecule has 1 aliphatic heterocycles. The Morgan fingerprint density at radius 3 is 2.85 bits per heavy atom. The van der Waals surface area contributed by atoms with E-state index in [9.17, 15) is 18.9 Å². The van der Waals surface area contributed by atoms with Crippen LogP contribution in [0.2, 0.25) is 0 Å². The summed E-state index contributed by atoms with van der Waals surface area (Å²) in [5, 5.41) is 19.6. The van der Waals surface area contributed by atoms with Crippen LogP contribution < -0.4 is 4.90 Å². The Labute approximate surface area is 115 Å². The Bertz CT molecular complexity index is 497. The number of nitro benzene ring substituents is 1. The van der Waals surface area contributed by atoms with Gasteiger partial charge < -0.3 is 10.0 Å². The van der Waals surface area contributed by atoms with Crippen LogP contribution in [0.1, 0.15) is 24.8 Å². The normalized spacial score (nSPS) is 18.8. The van der Waals surface area contributed by atoms with Crippen LogP contribution in [0, 0.1) is 16.0 Å². The second kappa shape index (κ2) is 6.13. The lowest BCUT2D eigenvalue weighted by Crippen LogP contribution is -2.21. The molecular weight excluding hydrogens is 270 g/mol. The van der Waals surface area contributed by atoms with Crippen molar-refractivity contribution in [1.82, 2.24) is 0 Å². The number of hydrogen-bond donors (Lipinski definition) is 1. The molecule has 0 saturated carbocycles. The zero-order valence-corrected chi connectivity index (χ0v) is 10.8. The Hall–Kier alpha value is -1.76. The minimum atomic E-state index is -2.75. The molecule has 0 bridgehead atoms. The fourth-order valence-electron chi connectivity index (χ4n) is 2.59. The first-order valence-electron chi connectivity index (χ1n) is 6.45. The summed E-state index contributed by atoms with van der Waals surface area (Å²) in [4.78, 5) is 11.8. The van der Waals surface area contributed by atoms with Crippen molar-refractivity contribution < 1.29 is 18.8 Å². The summed E-state index contributed by atoms with van der Waals surface area (Å²) in [5.74, 6) is 0.278. The Morgan fingerprint density at radius 1 is 1.50 bits per heavy atom. The van der Waals surface area contributed by atoms with Gasteiger partial charge in [-0.05, 0) is 24.8 Å². The number of hydrogen-bond acceptors (Lipinski definition) is 4. The van der Waals surface area contributed by atoms with Gasteiger partial charge in [0.25, 0.3) is 12.1 Å². The van der Waals surface area contributed by atoms with Gasteiger partial charge in [0, 0.05) is 43.1 Å². The molecule has 1 heterocycles. The predicted octanol–water partition coefficient (Wildman–Crippen LogP) is 2.74. The molecule has 0 aliphatic carbocycles. The molecule has 1 aromatic carbocycles. The fourth-order valence-corrected chi connectivity index (χ4v) is 2.59. The van der Waals surface area contributed by atoms with Gasteiger partial charge in [-0.1, -0.05) is 0 Å². The lowest BCUT2D eigenvalue weighted by Gasteiger charge is -2.21. The molecule has 1 aromatic rings. The lowest BCUT2D eigenvalue weighted by atomic mass is 10.1. The predicted molar refractivity (Wildman–Crippen MR) is 70.1 cm³/mol. The van der Waals surface area contributed by atoms with E-state index >= 15 is 0 Å². The smallest absolute Gasteiger partial charge is 0.270 e. The van der Waals surface area contributed by atoms with E-state index in [1.165, 1.54) is 12.1 Å². The first kappa shape index (κ1) is 14.6. The monoisotopic (exact) mass is 286 g/mol. The zero-order valence-electron chi connectivity index (χ0n) is 10.8. The Morgan fingerprint density at radius 2 is 2.25 bits per heavy atom.